The number of benzene rings is 1. The molecule has 1 aliphatic heterocycles. The molecule has 4 rings (SSSR count). The minimum atomic E-state index is -0.0651. The number of hydrogen-bond donors (Lipinski definition) is 0. The Balaban J connectivity index is 1.48. The maximum atomic E-state index is 12.8. The highest BCUT2D eigenvalue weighted by Crippen LogP contribution is 2.26. The summed E-state index contributed by atoms with van der Waals surface area (Å²) in [7, 11) is 0. The van der Waals surface area contributed by atoms with Crippen LogP contribution < -0.4 is 4.74 Å². The Bertz CT molecular complexity index is 914. The van der Waals surface area contributed by atoms with Crippen molar-refractivity contribution < 1.29 is 9.53 Å². The number of halogens is 1. The number of ether oxygens (including phenoxy) is 1. The molecule has 1 amide bonds. The lowest BCUT2D eigenvalue weighted by Crippen LogP contribution is -2.44. The van der Waals surface area contributed by atoms with Crippen molar-refractivity contribution in [2.75, 3.05) is 13.1 Å². The molecule has 25 heavy (non-hydrogen) atoms. The van der Waals surface area contributed by atoms with Gasteiger partial charge in [0, 0.05) is 30.6 Å². The van der Waals surface area contributed by atoms with Crippen molar-refractivity contribution in [2.45, 2.75) is 18.9 Å². The fraction of sp³-hybridized carbons (Fsp3) is 0.278. The standard InChI is InChI=1S/C18H16ClN3O2S/c19-14-9-20-6-5-16(14)24-13-2-1-7-22(10-13)18(23)12-3-4-15-17(8-12)25-11-21-15/h3-6,8-9,11,13H,1-2,7,10H2/t13-/m1/s1. The molecule has 0 aliphatic carbocycles. The summed E-state index contributed by atoms with van der Waals surface area (Å²) in [6.45, 7) is 1.29. The van der Waals surface area contributed by atoms with E-state index in [9.17, 15) is 4.79 Å². The van der Waals surface area contributed by atoms with E-state index in [1.54, 1.807) is 35.3 Å². The summed E-state index contributed by atoms with van der Waals surface area (Å²) in [6.07, 6.45) is 4.95. The number of fused-ring (bicyclic) bond motifs is 1. The minimum Gasteiger partial charge on any atom is -0.487 e. The maximum absolute atomic E-state index is 12.8. The number of likely N-dealkylation sites (tertiary alicyclic amines) is 1. The van der Waals surface area contributed by atoms with E-state index in [1.165, 1.54) is 0 Å². The van der Waals surface area contributed by atoms with Gasteiger partial charge in [-0.2, -0.15) is 0 Å². The topological polar surface area (TPSA) is 55.3 Å². The number of thiazole rings is 1. The predicted molar refractivity (Wildman–Crippen MR) is 98.4 cm³/mol. The quantitative estimate of drug-likeness (QED) is 0.695. The van der Waals surface area contributed by atoms with Crippen molar-refractivity contribution in [2.24, 2.45) is 0 Å². The second-order valence-corrected chi connectivity index (χ2v) is 7.27. The molecular formula is C18H16ClN3O2S. The number of carbonyl (C=O) groups excluding carboxylic acids is 1. The fourth-order valence-electron chi connectivity index (χ4n) is 3.03. The summed E-state index contributed by atoms with van der Waals surface area (Å²) < 4.78 is 7.01. The Kier molecular flexibility index (Phi) is 4.55. The summed E-state index contributed by atoms with van der Waals surface area (Å²) in [5.74, 6) is 0.645. The van der Waals surface area contributed by atoms with Crippen LogP contribution in [0.3, 0.4) is 0 Å². The van der Waals surface area contributed by atoms with Gasteiger partial charge in [0.2, 0.25) is 0 Å². The highest BCUT2D eigenvalue weighted by atomic mass is 35.5. The molecular weight excluding hydrogens is 358 g/mol. The van der Waals surface area contributed by atoms with E-state index in [4.69, 9.17) is 16.3 Å². The van der Waals surface area contributed by atoms with Gasteiger partial charge in [-0.25, -0.2) is 4.98 Å². The predicted octanol–water partition coefficient (Wildman–Crippen LogP) is 4.03. The van der Waals surface area contributed by atoms with Crippen molar-refractivity contribution in [1.82, 2.24) is 14.9 Å². The van der Waals surface area contributed by atoms with E-state index in [2.05, 4.69) is 9.97 Å². The molecule has 7 heteroatoms. The van der Waals surface area contributed by atoms with Crippen LogP contribution in [0.4, 0.5) is 0 Å². The average molecular weight is 374 g/mol. The van der Waals surface area contributed by atoms with Gasteiger partial charge < -0.3 is 9.64 Å². The van der Waals surface area contributed by atoms with Gasteiger partial charge in [-0.15, -0.1) is 11.3 Å². The van der Waals surface area contributed by atoms with Gasteiger partial charge in [0.05, 0.1) is 22.3 Å². The van der Waals surface area contributed by atoms with Gasteiger partial charge in [0.1, 0.15) is 16.9 Å². The molecule has 3 aromatic rings. The first-order valence-electron chi connectivity index (χ1n) is 8.09. The normalized spacial score (nSPS) is 17.6. The zero-order chi connectivity index (χ0) is 17.2. The highest BCUT2D eigenvalue weighted by molar-refractivity contribution is 7.16. The van der Waals surface area contributed by atoms with Crippen LogP contribution in [-0.2, 0) is 0 Å². The minimum absolute atomic E-state index is 0.0319. The fourth-order valence-corrected chi connectivity index (χ4v) is 3.91. The molecule has 1 atom stereocenters. The molecule has 1 fully saturated rings. The number of nitrogens with zero attached hydrogens (tertiary/aromatic N) is 3. The zero-order valence-corrected chi connectivity index (χ0v) is 15.0. The number of rotatable bonds is 3. The van der Waals surface area contributed by atoms with Gasteiger partial charge in [-0.3, -0.25) is 9.78 Å². The van der Waals surface area contributed by atoms with Crippen LogP contribution in [0.5, 0.6) is 5.75 Å². The second kappa shape index (κ2) is 6.98. The number of carbonyl (C=O) groups is 1. The molecule has 1 saturated heterocycles. The van der Waals surface area contributed by atoms with Crippen LogP contribution in [-0.4, -0.2) is 40.0 Å². The van der Waals surface area contributed by atoms with Crippen molar-refractivity contribution in [3.63, 3.8) is 0 Å². The van der Waals surface area contributed by atoms with E-state index in [-0.39, 0.29) is 12.0 Å². The second-order valence-electron chi connectivity index (χ2n) is 5.97. The van der Waals surface area contributed by atoms with E-state index in [0.29, 0.717) is 22.9 Å². The van der Waals surface area contributed by atoms with Crippen LogP contribution >= 0.6 is 22.9 Å². The molecule has 0 bridgehead atoms. The monoisotopic (exact) mass is 373 g/mol. The summed E-state index contributed by atoms with van der Waals surface area (Å²) >= 11 is 7.65. The molecule has 1 aliphatic rings. The van der Waals surface area contributed by atoms with E-state index in [1.807, 2.05) is 23.1 Å². The molecule has 128 valence electrons. The van der Waals surface area contributed by atoms with Crippen LogP contribution in [0.1, 0.15) is 23.2 Å². The highest BCUT2D eigenvalue weighted by Gasteiger charge is 2.26. The van der Waals surface area contributed by atoms with Gasteiger partial charge in [0.25, 0.3) is 5.91 Å². The summed E-state index contributed by atoms with van der Waals surface area (Å²) in [5, 5.41) is 0.488. The first-order chi connectivity index (χ1) is 12.2. The Morgan fingerprint density at radius 3 is 3.16 bits per heavy atom. The lowest BCUT2D eigenvalue weighted by atomic mass is 10.1. The number of hydrogen-bond acceptors (Lipinski definition) is 5. The van der Waals surface area contributed by atoms with E-state index >= 15 is 0 Å². The number of aromatic nitrogens is 2. The lowest BCUT2D eigenvalue weighted by Gasteiger charge is -2.33. The van der Waals surface area contributed by atoms with Gasteiger partial charge in [-0.1, -0.05) is 11.6 Å². The van der Waals surface area contributed by atoms with Crippen LogP contribution in [0.15, 0.2) is 42.2 Å². The zero-order valence-electron chi connectivity index (χ0n) is 13.4. The third kappa shape index (κ3) is 3.45. The SMILES string of the molecule is O=C(c1ccc2ncsc2c1)N1CCC[C@@H](Oc2ccncc2Cl)C1. The number of piperidine rings is 1. The molecule has 1 aromatic carbocycles. The first kappa shape index (κ1) is 16.3. The lowest BCUT2D eigenvalue weighted by molar-refractivity contribution is 0.0538. The van der Waals surface area contributed by atoms with Crippen LogP contribution in [0.2, 0.25) is 5.02 Å². The average Bonchev–Trinajstić information content (AvgIpc) is 3.11. The van der Waals surface area contributed by atoms with E-state index in [0.717, 1.165) is 29.6 Å². The maximum Gasteiger partial charge on any atom is 0.254 e. The first-order valence-corrected chi connectivity index (χ1v) is 9.35. The number of amides is 1. The Hall–Kier alpha value is -2.18. The molecule has 0 unspecified atom stereocenters. The summed E-state index contributed by atoms with van der Waals surface area (Å²) in [4.78, 5) is 22.9. The summed E-state index contributed by atoms with van der Waals surface area (Å²) in [6, 6.07) is 7.41. The molecule has 5 nitrogen and oxygen atoms in total. The van der Waals surface area contributed by atoms with Crippen LogP contribution in [0.25, 0.3) is 10.2 Å². The van der Waals surface area contributed by atoms with Crippen molar-refractivity contribution in [3.05, 3.63) is 52.8 Å². The third-order valence-electron chi connectivity index (χ3n) is 4.27. The van der Waals surface area contributed by atoms with Crippen molar-refractivity contribution >= 4 is 39.1 Å². The van der Waals surface area contributed by atoms with Gasteiger partial charge in [0.15, 0.2) is 0 Å². The van der Waals surface area contributed by atoms with Crippen molar-refractivity contribution in [1.29, 1.82) is 0 Å². The number of pyridine rings is 1. The largest absolute Gasteiger partial charge is 0.487 e. The van der Waals surface area contributed by atoms with Gasteiger partial charge >= 0.3 is 0 Å². The Labute approximate surface area is 154 Å². The van der Waals surface area contributed by atoms with Crippen molar-refractivity contribution in [3.8, 4) is 5.75 Å². The molecule has 3 heterocycles. The molecule has 0 N–H and O–H groups in total. The smallest absolute Gasteiger partial charge is 0.254 e. The Morgan fingerprint density at radius 1 is 1.36 bits per heavy atom. The molecule has 0 radical (unpaired) electrons. The Morgan fingerprint density at radius 2 is 2.28 bits per heavy atom. The van der Waals surface area contributed by atoms with E-state index < -0.39 is 0 Å². The summed E-state index contributed by atoms with van der Waals surface area (Å²) in [5.41, 5.74) is 3.41. The molecule has 2 aromatic heterocycles. The van der Waals surface area contributed by atoms with Crippen LogP contribution in [0, 0.1) is 0 Å². The third-order valence-corrected chi connectivity index (χ3v) is 5.35. The molecule has 0 spiro atoms. The van der Waals surface area contributed by atoms with Gasteiger partial charge in [-0.05, 0) is 31.0 Å². The molecule has 0 saturated carbocycles.